The molecule has 162 valence electrons. The monoisotopic (exact) mass is 463 g/mol. The smallest absolute Gasteiger partial charge is 0.221 e. The largest absolute Gasteiger partial charge is 0.548 e. The van der Waals surface area contributed by atoms with E-state index in [-0.39, 0.29) is 6.42 Å². The fraction of sp³-hybridized carbons (Fsp3) is 0.125. The molecule has 0 radical (unpaired) electrons. The van der Waals surface area contributed by atoms with Gasteiger partial charge in [0.2, 0.25) is 5.06 Å². The van der Waals surface area contributed by atoms with Gasteiger partial charge in [0.1, 0.15) is 12.2 Å². The van der Waals surface area contributed by atoms with Crippen molar-refractivity contribution in [3.8, 4) is 16.9 Å². The number of hydrogen-bond acceptors (Lipinski definition) is 7. The summed E-state index contributed by atoms with van der Waals surface area (Å²) in [6, 6.07) is 18.3. The molecule has 2 N–H and O–H groups in total. The van der Waals surface area contributed by atoms with Gasteiger partial charge in [0, 0.05) is 22.7 Å². The minimum atomic E-state index is -1.23. The van der Waals surface area contributed by atoms with Crippen LogP contribution in [0.25, 0.3) is 10.9 Å². The number of aromatic nitrogens is 1. The van der Waals surface area contributed by atoms with Crippen LogP contribution in [0.4, 0.5) is 0 Å². The zero-order valence-corrected chi connectivity index (χ0v) is 18.7. The van der Waals surface area contributed by atoms with Crippen LogP contribution >= 0.6 is 23.6 Å². The van der Waals surface area contributed by atoms with Crippen LogP contribution in [0.1, 0.15) is 21.6 Å². The van der Waals surface area contributed by atoms with Crippen LogP contribution in [0.5, 0.6) is 5.06 Å². The first kappa shape index (κ1) is 22.0. The maximum Gasteiger partial charge on any atom is 0.221 e. The Morgan fingerprint density at radius 3 is 2.78 bits per heavy atom. The molecule has 0 bridgehead atoms. The van der Waals surface area contributed by atoms with Crippen molar-refractivity contribution in [1.29, 1.82) is 0 Å². The lowest BCUT2D eigenvalue weighted by Crippen LogP contribution is -2.44. The van der Waals surface area contributed by atoms with Crippen LogP contribution in [-0.2, 0) is 15.5 Å². The molecule has 0 spiro atoms. The van der Waals surface area contributed by atoms with Crippen molar-refractivity contribution >= 4 is 40.4 Å². The highest BCUT2D eigenvalue weighted by Gasteiger charge is 2.14. The number of hydrogen-bond donors (Lipinski definition) is 2. The minimum Gasteiger partial charge on any atom is -0.548 e. The van der Waals surface area contributed by atoms with E-state index in [1.54, 1.807) is 12.3 Å². The second-order valence-electron chi connectivity index (χ2n) is 7.02. The summed E-state index contributed by atoms with van der Waals surface area (Å²) in [4.78, 5) is 20.7. The SMILES string of the molecule is Cc1ccc(C#Cc2ccc(OOSN[C@H](Cc3c[nH]c4ccccc34)C(=O)[O-])s2)cc1. The molecule has 8 heteroatoms. The predicted molar refractivity (Wildman–Crippen MR) is 125 cm³/mol. The number of para-hydroxylation sites is 1. The van der Waals surface area contributed by atoms with Gasteiger partial charge in [-0.1, -0.05) is 63.4 Å². The normalized spacial score (nSPS) is 11.7. The van der Waals surface area contributed by atoms with Gasteiger partial charge in [-0.05, 0) is 49.2 Å². The molecule has 2 aromatic heterocycles. The molecule has 0 aliphatic heterocycles. The van der Waals surface area contributed by atoms with E-state index in [9.17, 15) is 9.90 Å². The number of thiophene rings is 1. The highest BCUT2D eigenvalue weighted by molar-refractivity contribution is 7.92. The minimum absolute atomic E-state index is 0.237. The molecule has 1 atom stereocenters. The second kappa shape index (κ2) is 10.4. The quantitative estimate of drug-likeness (QED) is 0.103. The zero-order chi connectivity index (χ0) is 22.3. The summed E-state index contributed by atoms with van der Waals surface area (Å²) in [6.07, 6.45) is 2.04. The van der Waals surface area contributed by atoms with Crippen LogP contribution in [0, 0.1) is 18.8 Å². The number of fused-ring (bicyclic) bond motifs is 1. The van der Waals surface area contributed by atoms with Crippen molar-refractivity contribution in [2.75, 3.05) is 0 Å². The maximum atomic E-state index is 11.5. The Morgan fingerprint density at radius 2 is 1.97 bits per heavy atom. The first-order chi connectivity index (χ1) is 15.6. The average Bonchev–Trinajstić information content (AvgIpc) is 3.42. The van der Waals surface area contributed by atoms with Crippen molar-refractivity contribution in [2.24, 2.45) is 0 Å². The number of rotatable bonds is 8. The predicted octanol–water partition coefficient (Wildman–Crippen LogP) is 3.76. The Morgan fingerprint density at radius 1 is 1.16 bits per heavy atom. The van der Waals surface area contributed by atoms with Gasteiger partial charge in [0.25, 0.3) is 0 Å². The van der Waals surface area contributed by atoms with E-state index in [2.05, 4.69) is 21.5 Å². The zero-order valence-electron chi connectivity index (χ0n) is 17.1. The summed E-state index contributed by atoms with van der Waals surface area (Å²) in [5, 5.41) is 13.0. The van der Waals surface area contributed by atoms with Crippen molar-refractivity contribution in [2.45, 2.75) is 19.4 Å². The third-order valence-electron chi connectivity index (χ3n) is 4.69. The van der Waals surface area contributed by atoms with Crippen molar-refractivity contribution in [3.63, 3.8) is 0 Å². The van der Waals surface area contributed by atoms with Gasteiger partial charge < -0.3 is 19.8 Å². The molecule has 0 unspecified atom stereocenters. The Bertz CT molecular complexity index is 1270. The first-order valence-corrected chi connectivity index (χ1v) is 11.3. The number of H-pyrrole nitrogens is 1. The number of benzene rings is 2. The van der Waals surface area contributed by atoms with E-state index < -0.39 is 12.0 Å². The summed E-state index contributed by atoms with van der Waals surface area (Å²) < 4.78 is 7.79. The summed E-state index contributed by atoms with van der Waals surface area (Å²) in [5.41, 5.74) is 3.95. The molecular formula is C24H19N2O4S2-. The molecule has 4 rings (SSSR count). The van der Waals surface area contributed by atoms with Gasteiger partial charge in [-0.25, -0.2) is 4.72 Å². The lowest BCUT2D eigenvalue weighted by atomic mass is 10.1. The first-order valence-electron chi connectivity index (χ1n) is 9.78. The van der Waals surface area contributed by atoms with E-state index in [0.717, 1.165) is 26.9 Å². The fourth-order valence-electron chi connectivity index (χ4n) is 3.02. The Hall–Kier alpha value is -3.22. The van der Waals surface area contributed by atoms with Crippen LogP contribution in [0.15, 0.2) is 66.9 Å². The van der Waals surface area contributed by atoms with Crippen molar-refractivity contribution in [1.82, 2.24) is 9.71 Å². The third kappa shape index (κ3) is 5.72. The molecule has 0 amide bonds. The number of carboxylic acid groups (broad SMARTS) is 1. The highest BCUT2D eigenvalue weighted by Crippen LogP contribution is 2.25. The Labute approximate surface area is 193 Å². The van der Waals surface area contributed by atoms with E-state index >= 15 is 0 Å². The number of aromatic amines is 1. The molecule has 0 aliphatic carbocycles. The Balaban J connectivity index is 1.27. The number of carboxylic acids is 1. The standard InChI is InChI=1S/C24H20N2O4S2/c1-16-6-8-17(9-7-16)10-11-19-12-13-23(31-19)29-30-32-26-22(24(27)28)14-18-15-25-21-5-3-2-4-20(18)21/h2-9,12-13,15,22,25-26H,14H2,1H3,(H,27,28)/p-1/t22-/m1/s1. The molecule has 2 heterocycles. The molecule has 2 aromatic carbocycles. The van der Waals surface area contributed by atoms with Crippen molar-refractivity contribution in [3.05, 3.63) is 88.4 Å². The van der Waals surface area contributed by atoms with Crippen LogP contribution in [0.3, 0.4) is 0 Å². The number of carbonyl (C=O) groups is 1. The van der Waals surface area contributed by atoms with Crippen molar-refractivity contribution < 1.29 is 19.1 Å². The molecule has 0 aliphatic rings. The van der Waals surface area contributed by atoms with Gasteiger partial charge in [-0.2, -0.15) is 0 Å². The Kier molecular flexibility index (Phi) is 7.14. The average molecular weight is 464 g/mol. The molecule has 4 aromatic rings. The van der Waals surface area contributed by atoms with E-state index in [4.69, 9.17) is 9.22 Å². The number of aliphatic carboxylic acids is 1. The second-order valence-corrected chi connectivity index (χ2v) is 8.61. The molecule has 0 saturated heterocycles. The summed E-state index contributed by atoms with van der Waals surface area (Å²) in [5.74, 6) is 4.96. The lowest BCUT2D eigenvalue weighted by molar-refractivity contribution is -0.307. The van der Waals surface area contributed by atoms with Gasteiger partial charge >= 0.3 is 0 Å². The van der Waals surface area contributed by atoms with Crippen LogP contribution < -0.4 is 14.7 Å². The van der Waals surface area contributed by atoms with Gasteiger partial charge in [0.15, 0.2) is 0 Å². The molecule has 6 nitrogen and oxygen atoms in total. The highest BCUT2D eigenvalue weighted by atomic mass is 32.2. The topological polar surface area (TPSA) is 86.4 Å². The number of carbonyl (C=O) groups excluding carboxylic acids is 1. The fourth-order valence-corrected chi connectivity index (χ4v) is 4.17. The van der Waals surface area contributed by atoms with E-state index in [0.29, 0.717) is 17.3 Å². The number of aryl methyl sites for hydroxylation is 1. The molecule has 32 heavy (non-hydrogen) atoms. The molecule has 0 fully saturated rings. The summed E-state index contributed by atoms with van der Waals surface area (Å²) in [7, 11) is 0. The van der Waals surface area contributed by atoms with Gasteiger partial charge in [-0.15, -0.1) is 0 Å². The maximum absolute atomic E-state index is 11.5. The third-order valence-corrected chi connectivity index (χ3v) is 6.07. The van der Waals surface area contributed by atoms with Crippen LogP contribution in [-0.4, -0.2) is 17.0 Å². The lowest BCUT2D eigenvalue weighted by Gasteiger charge is -2.17. The van der Waals surface area contributed by atoms with Gasteiger partial charge in [0.05, 0.1) is 16.9 Å². The van der Waals surface area contributed by atoms with Crippen LogP contribution in [0.2, 0.25) is 0 Å². The van der Waals surface area contributed by atoms with Gasteiger partial charge in [-0.3, -0.25) is 0 Å². The summed E-state index contributed by atoms with van der Waals surface area (Å²) in [6.45, 7) is 2.03. The van der Waals surface area contributed by atoms with E-state index in [1.165, 1.54) is 16.9 Å². The van der Waals surface area contributed by atoms with E-state index in [1.807, 2.05) is 61.5 Å². The molecular weight excluding hydrogens is 444 g/mol. The number of nitrogens with one attached hydrogen (secondary N) is 2. The molecule has 0 saturated carbocycles. The summed E-state index contributed by atoms with van der Waals surface area (Å²) >= 11 is 2.03.